The van der Waals surface area contributed by atoms with Gasteiger partial charge in [0.25, 0.3) is 11.5 Å². The number of benzene rings is 1. The summed E-state index contributed by atoms with van der Waals surface area (Å²) < 4.78 is 12.9. The lowest BCUT2D eigenvalue weighted by Gasteiger charge is -2.20. The monoisotopic (exact) mass is 523 g/mol. The van der Waals surface area contributed by atoms with Gasteiger partial charge in [0.2, 0.25) is 10.1 Å². The van der Waals surface area contributed by atoms with Crippen molar-refractivity contribution in [3.05, 3.63) is 56.5 Å². The second-order valence-electron chi connectivity index (χ2n) is 7.70. The van der Waals surface area contributed by atoms with Gasteiger partial charge < -0.3 is 9.47 Å². The van der Waals surface area contributed by atoms with Gasteiger partial charge in [-0.1, -0.05) is 24.3 Å². The molecule has 1 amide bonds. The highest BCUT2D eigenvalue weighted by atomic mass is 32.2. The third-order valence-electron chi connectivity index (χ3n) is 5.15. The van der Waals surface area contributed by atoms with Crippen LogP contribution in [0, 0.1) is 12.3 Å². The second kappa shape index (κ2) is 9.66. The quantitative estimate of drug-likeness (QED) is 0.465. The number of carbonyl (C=O) groups is 1. The number of ether oxygens (including phenoxy) is 2. The van der Waals surface area contributed by atoms with Gasteiger partial charge in [0.05, 0.1) is 17.9 Å². The molecule has 184 valence electrons. The minimum absolute atomic E-state index is 0.0229. The van der Waals surface area contributed by atoms with Crippen molar-refractivity contribution in [1.82, 2.24) is 19.6 Å². The SMILES string of the molecule is CCOc1cc(/C=C2\C(=N)N3N=C(CC)SC3=NC2=O)ccc1OCc1cc(=O)n2nc(C)sc2n1. The van der Waals surface area contributed by atoms with Crippen LogP contribution < -0.4 is 15.0 Å². The molecule has 2 aliphatic heterocycles. The van der Waals surface area contributed by atoms with E-state index in [0.29, 0.717) is 45.9 Å². The first-order chi connectivity index (χ1) is 17.4. The number of nitrogens with one attached hydrogen (secondary N) is 1. The number of aromatic nitrogens is 3. The molecule has 4 heterocycles. The number of amidine groups is 2. The third kappa shape index (κ3) is 4.54. The number of rotatable bonds is 7. The predicted octanol–water partition coefficient (Wildman–Crippen LogP) is 3.47. The molecule has 2 aliphatic rings. The number of thioether (sulfide) groups is 1. The third-order valence-corrected chi connectivity index (χ3v) is 7.03. The molecule has 13 heteroatoms. The second-order valence-corrected chi connectivity index (χ2v) is 9.90. The fourth-order valence-electron chi connectivity index (χ4n) is 3.52. The molecule has 0 saturated carbocycles. The van der Waals surface area contributed by atoms with Gasteiger partial charge in [0, 0.05) is 6.07 Å². The molecule has 0 saturated heterocycles. The number of carbonyl (C=O) groups excluding carboxylic acids is 1. The van der Waals surface area contributed by atoms with Gasteiger partial charge in [-0.05, 0) is 55.8 Å². The Kier molecular flexibility index (Phi) is 6.41. The molecular formula is C23H21N7O4S2. The summed E-state index contributed by atoms with van der Waals surface area (Å²) in [6, 6.07) is 6.58. The molecule has 11 nitrogen and oxygen atoms in total. The van der Waals surface area contributed by atoms with Gasteiger partial charge in [-0.3, -0.25) is 15.0 Å². The van der Waals surface area contributed by atoms with Crippen LogP contribution in [0.2, 0.25) is 0 Å². The van der Waals surface area contributed by atoms with Gasteiger partial charge in [-0.25, -0.2) is 4.98 Å². The van der Waals surface area contributed by atoms with Gasteiger partial charge >= 0.3 is 0 Å². The maximum absolute atomic E-state index is 12.6. The number of hydrazone groups is 1. The van der Waals surface area contributed by atoms with E-state index in [-0.39, 0.29) is 23.6 Å². The Morgan fingerprint density at radius 2 is 1.97 bits per heavy atom. The molecule has 36 heavy (non-hydrogen) atoms. The maximum Gasteiger partial charge on any atom is 0.283 e. The molecule has 0 atom stereocenters. The maximum atomic E-state index is 12.6. The van der Waals surface area contributed by atoms with E-state index < -0.39 is 5.91 Å². The van der Waals surface area contributed by atoms with Gasteiger partial charge in [0.15, 0.2) is 17.3 Å². The summed E-state index contributed by atoms with van der Waals surface area (Å²) in [6.45, 7) is 6.08. The minimum Gasteiger partial charge on any atom is -0.490 e. The summed E-state index contributed by atoms with van der Waals surface area (Å²) in [5, 5.41) is 20.3. The average Bonchev–Trinajstić information content (AvgIpc) is 3.44. The highest BCUT2D eigenvalue weighted by molar-refractivity contribution is 8.26. The van der Waals surface area contributed by atoms with Gasteiger partial charge in [-0.15, -0.1) is 0 Å². The fourth-order valence-corrected chi connectivity index (χ4v) is 5.11. The van der Waals surface area contributed by atoms with Crippen LogP contribution >= 0.6 is 23.1 Å². The highest BCUT2D eigenvalue weighted by Gasteiger charge is 2.35. The Labute approximate surface area is 213 Å². The number of fused-ring (bicyclic) bond motifs is 2. The molecule has 0 fully saturated rings. The minimum atomic E-state index is -0.490. The van der Waals surface area contributed by atoms with E-state index in [1.54, 1.807) is 24.3 Å². The standard InChI is InChI=1S/C23H21N7O4S2/c1-4-18-28-30-20(24)15(21(32)26-23(30)36-18)8-13-6-7-16(17(9-13)33-5-2)34-11-14-10-19(31)29-22(25-14)35-12(3)27-29/h6-10,24H,4-5,11H2,1-3H3/b15-8+,24-20?. The molecule has 0 unspecified atom stereocenters. The van der Waals surface area contributed by atoms with Crippen LogP contribution in [-0.4, -0.2) is 48.2 Å². The first-order valence-corrected chi connectivity index (χ1v) is 12.7. The van der Waals surface area contributed by atoms with E-state index in [2.05, 4.69) is 20.2 Å². The first-order valence-electron chi connectivity index (χ1n) is 11.1. The zero-order chi connectivity index (χ0) is 25.4. The number of amides is 1. The zero-order valence-electron chi connectivity index (χ0n) is 19.6. The summed E-state index contributed by atoms with van der Waals surface area (Å²) in [7, 11) is 0. The highest BCUT2D eigenvalue weighted by Crippen LogP contribution is 2.32. The van der Waals surface area contributed by atoms with E-state index in [4.69, 9.17) is 14.9 Å². The fraction of sp³-hybridized carbons (Fsp3) is 0.261. The number of hydrogen-bond acceptors (Lipinski definition) is 10. The van der Waals surface area contributed by atoms with Crippen LogP contribution in [0.25, 0.3) is 11.0 Å². The van der Waals surface area contributed by atoms with Crippen molar-refractivity contribution in [2.75, 3.05) is 6.61 Å². The van der Waals surface area contributed by atoms with Crippen molar-refractivity contribution < 1.29 is 14.3 Å². The molecule has 2 aromatic heterocycles. The van der Waals surface area contributed by atoms with Crippen LogP contribution in [0.5, 0.6) is 11.5 Å². The van der Waals surface area contributed by atoms with E-state index in [0.717, 1.165) is 10.1 Å². The van der Waals surface area contributed by atoms with Crippen LogP contribution in [0.15, 0.2) is 44.7 Å². The topological polar surface area (TPSA) is 135 Å². The van der Waals surface area contributed by atoms with Crippen molar-refractivity contribution in [1.29, 1.82) is 5.41 Å². The van der Waals surface area contributed by atoms with Crippen LogP contribution in [0.3, 0.4) is 0 Å². The first kappa shape index (κ1) is 23.9. The molecule has 0 bridgehead atoms. The van der Waals surface area contributed by atoms with Gasteiger partial charge in [0.1, 0.15) is 16.7 Å². The Morgan fingerprint density at radius 1 is 1.14 bits per heavy atom. The Hall–Kier alpha value is -3.84. The largest absolute Gasteiger partial charge is 0.490 e. The Bertz CT molecular complexity index is 1550. The molecule has 0 spiro atoms. The number of aryl methyl sites for hydroxylation is 1. The smallest absolute Gasteiger partial charge is 0.283 e. The van der Waals surface area contributed by atoms with E-state index >= 15 is 0 Å². The molecule has 5 rings (SSSR count). The Morgan fingerprint density at radius 3 is 2.75 bits per heavy atom. The zero-order valence-corrected chi connectivity index (χ0v) is 21.3. The number of hydrogen-bond donors (Lipinski definition) is 1. The summed E-state index contributed by atoms with van der Waals surface area (Å²) in [4.78, 5) is 34.0. The van der Waals surface area contributed by atoms with Gasteiger partial charge in [-0.2, -0.15) is 24.7 Å². The number of nitrogens with zero attached hydrogens (tertiary/aromatic N) is 6. The van der Waals surface area contributed by atoms with Crippen LogP contribution in [0.1, 0.15) is 36.5 Å². The van der Waals surface area contributed by atoms with Crippen molar-refractivity contribution in [2.24, 2.45) is 10.1 Å². The lowest BCUT2D eigenvalue weighted by molar-refractivity contribution is -0.114. The summed E-state index contributed by atoms with van der Waals surface area (Å²) in [5.41, 5.74) is 0.978. The normalized spacial score (nSPS) is 16.4. The predicted molar refractivity (Wildman–Crippen MR) is 139 cm³/mol. The lowest BCUT2D eigenvalue weighted by atomic mass is 10.1. The molecule has 3 aromatic rings. The summed E-state index contributed by atoms with van der Waals surface area (Å²) in [6.07, 6.45) is 2.28. The summed E-state index contributed by atoms with van der Waals surface area (Å²) >= 11 is 2.63. The van der Waals surface area contributed by atoms with Crippen molar-refractivity contribution in [2.45, 2.75) is 33.8 Å². The lowest BCUT2D eigenvalue weighted by Crippen LogP contribution is -2.35. The molecule has 1 aromatic carbocycles. The Balaban J connectivity index is 1.39. The average molecular weight is 524 g/mol. The number of aliphatic imine (C=N–C) groups is 1. The summed E-state index contributed by atoms with van der Waals surface area (Å²) in [5.74, 6) is 0.404. The molecular weight excluding hydrogens is 502 g/mol. The van der Waals surface area contributed by atoms with Crippen molar-refractivity contribution in [3.63, 3.8) is 0 Å². The van der Waals surface area contributed by atoms with E-state index in [9.17, 15) is 9.59 Å². The van der Waals surface area contributed by atoms with E-state index in [1.807, 2.05) is 20.8 Å². The van der Waals surface area contributed by atoms with Crippen molar-refractivity contribution >= 4 is 56.1 Å². The molecule has 1 N–H and O–H groups in total. The molecule has 0 radical (unpaired) electrons. The van der Waals surface area contributed by atoms with Crippen LogP contribution in [-0.2, 0) is 11.4 Å². The van der Waals surface area contributed by atoms with Crippen LogP contribution in [0.4, 0.5) is 0 Å². The van der Waals surface area contributed by atoms with E-state index in [1.165, 1.54) is 38.7 Å². The van der Waals surface area contributed by atoms with Crippen molar-refractivity contribution in [3.8, 4) is 11.5 Å². The molecule has 0 aliphatic carbocycles.